The third-order valence-electron chi connectivity index (χ3n) is 3.57. The van der Waals surface area contributed by atoms with Gasteiger partial charge in [-0.15, -0.1) is 0 Å². The van der Waals surface area contributed by atoms with E-state index in [2.05, 4.69) is 24.1 Å². The molecule has 0 bridgehead atoms. The number of ether oxygens (including phenoxy) is 2. The number of nitrogens with one attached hydrogen (secondary N) is 1. The fourth-order valence-corrected chi connectivity index (χ4v) is 3.37. The number of carbonyl (C=O) groups excluding carboxylic acids is 1. The normalized spacial score (nSPS) is 10.9. The van der Waals surface area contributed by atoms with E-state index in [4.69, 9.17) is 9.47 Å². The SMILES string of the molecule is COc1ccc(COC(=O)c2ccc3nc(NC(C)C)sc3c2)cc1. The van der Waals surface area contributed by atoms with Crippen LogP contribution in [0.2, 0.25) is 0 Å². The smallest absolute Gasteiger partial charge is 0.338 e. The van der Waals surface area contributed by atoms with Crippen LogP contribution in [0, 0.1) is 0 Å². The Hall–Kier alpha value is -2.60. The van der Waals surface area contributed by atoms with Crippen molar-refractivity contribution in [3.05, 3.63) is 53.6 Å². The van der Waals surface area contributed by atoms with Crippen molar-refractivity contribution in [2.45, 2.75) is 26.5 Å². The molecular weight excluding hydrogens is 336 g/mol. The Morgan fingerprint density at radius 3 is 2.64 bits per heavy atom. The maximum Gasteiger partial charge on any atom is 0.338 e. The van der Waals surface area contributed by atoms with E-state index in [1.165, 1.54) is 11.3 Å². The zero-order valence-corrected chi connectivity index (χ0v) is 15.2. The Balaban J connectivity index is 1.68. The maximum atomic E-state index is 12.3. The van der Waals surface area contributed by atoms with Gasteiger partial charge in [0, 0.05) is 6.04 Å². The second-order valence-electron chi connectivity index (χ2n) is 5.92. The van der Waals surface area contributed by atoms with Gasteiger partial charge in [-0.3, -0.25) is 0 Å². The third-order valence-corrected chi connectivity index (χ3v) is 4.51. The van der Waals surface area contributed by atoms with Gasteiger partial charge in [0.15, 0.2) is 5.13 Å². The third kappa shape index (κ3) is 4.28. The molecule has 0 aliphatic carbocycles. The minimum atomic E-state index is -0.343. The Morgan fingerprint density at radius 1 is 1.20 bits per heavy atom. The molecule has 0 fully saturated rings. The van der Waals surface area contributed by atoms with Crippen LogP contribution >= 0.6 is 11.3 Å². The van der Waals surface area contributed by atoms with Gasteiger partial charge in [-0.2, -0.15) is 0 Å². The lowest BCUT2D eigenvalue weighted by molar-refractivity contribution is 0.0473. The minimum absolute atomic E-state index is 0.226. The standard InChI is InChI=1S/C19H20N2O3S/c1-12(2)20-19-21-16-9-6-14(10-17(16)25-19)18(22)24-11-13-4-7-15(23-3)8-5-13/h4-10,12H,11H2,1-3H3,(H,20,21). The Kier molecular flexibility index (Phi) is 5.19. The van der Waals surface area contributed by atoms with E-state index < -0.39 is 0 Å². The summed E-state index contributed by atoms with van der Waals surface area (Å²) in [6, 6.07) is 13.2. The number of carbonyl (C=O) groups is 1. The molecule has 0 aliphatic rings. The molecule has 0 radical (unpaired) electrons. The zero-order valence-electron chi connectivity index (χ0n) is 14.4. The van der Waals surface area contributed by atoms with E-state index in [1.807, 2.05) is 36.4 Å². The van der Waals surface area contributed by atoms with Gasteiger partial charge in [-0.05, 0) is 49.7 Å². The summed E-state index contributed by atoms with van der Waals surface area (Å²) in [5.74, 6) is 0.432. The molecule has 0 saturated heterocycles. The zero-order chi connectivity index (χ0) is 17.8. The number of thiazole rings is 1. The van der Waals surface area contributed by atoms with Crippen LogP contribution in [-0.2, 0) is 11.3 Å². The molecule has 0 atom stereocenters. The predicted molar refractivity (Wildman–Crippen MR) is 100 cm³/mol. The molecule has 0 aliphatic heterocycles. The van der Waals surface area contributed by atoms with Crippen molar-refractivity contribution in [2.75, 3.05) is 12.4 Å². The number of benzene rings is 2. The lowest BCUT2D eigenvalue weighted by atomic mass is 10.2. The number of methoxy groups -OCH3 is 1. The summed E-state index contributed by atoms with van der Waals surface area (Å²) in [7, 11) is 1.62. The Bertz CT molecular complexity index is 872. The van der Waals surface area contributed by atoms with Crippen LogP contribution in [0.3, 0.4) is 0 Å². The van der Waals surface area contributed by atoms with Crippen molar-refractivity contribution in [2.24, 2.45) is 0 Å². The maximum absolute atomic E-state index is 12.3. The molecule has 2 aromatic carbocycles. The van der Waals surface area contributed by atoms with Crippen molar-refractivity contribution in [3.63, 3.8) is 0 Å². The molecule has 5 nitrogen and oxygen atoms in total. The highest BCUT2D eigenvalue weighted by Crippen LogP contribution is 2.27. The van der Waals surface area contributed by atoms with E-state index in [-0.39, 0.29) is 12.6 Å². The summed E-state index contributed by atoms with van der Waals surface area (Å²) >= 11 is 1.53. The van der Waals surface area contributed by atoms with E-state index in [0.29, 0.717) is 11.6 Å². The van der Waals surface area contributed by atoms with Crippen LogP contribution in [-0.4, -0.2) is 24.1 Å². The molecule has 0 saturated carbocycles. The van der Waals surface area contributed by atoms with Gasteiger partial charge in [-0.25, -0.2) is 9.78 Å². The van der Waals surface area contributed by atoms with E-state index in [1.54, 1.807) is 13.2 Å². The van der Waals surface area contributed by atoms with Gasteiger partial charge in [0.05, 0.1) is 22.9 Å². The lowest BCUT2D eigenvalue weighted by Gasteiger charge is -2.06. The van der Waals surface area contributed by atoms with Crippen LogP contribution < -0.4 is 10.1 Å². The number of hydrogen-bond acceptors (Lipinski definition) is 6. The summed E-state index contributed by atoms with van der Waals surface area (Å²) in [6.45, 7) is 4.35. The van der Waals surface area contributed by atoms with Crippen LogP contribution in [0.1, 0.15) is 29.8 Å². The molecular formula is C19H20N2O3S. The summed E-state index contributed by atoms with van der Waals surface area (Å²) in [6.07, 6.45) is 0. The van der Waals surface area contributed by atoms with Gasteiger partial charge < -0.3 is 14.8 Å². The molecule has 3 rings (SSSR count). The first-order valence-corrected chi connectivity index (χ1v) is 8.84. The number of rotatable bonds is 6. The molecule has 0 amide bonds. The quantitative estimate of drug-likeness (QED) is 0.660. The number of anilines is 1. The van der Waals surface area contributed by atoms with Gasteiger partial charge in [0.25, 0.3) is 0 Å². The van der Waals surface area contributed by atoms with Crippen molar-refractivity contribution in [3.8, 4) is 5.75 Å². The first kappa shape index (κ1) is 17.2. The number of hydrogen-bond donors (Lipinski definition) is 1. The lowest BCUT2D eigenvalue weighted by Crippen LogP contribution is -2.08. The van der Waals surface area contributed by atoms with Gasteiger partial charge in [-0.1, -0.05) is 23.5 Å². The fraction of sp³-hybridized carbons (Fsp3) is 0.263. The van der Waals surface area contributed by atoms with Crippen molar-refractivity contribution < 1.29 is 14.3 Å². The highest BCUT2D eigenvalue weighted by Gasteiger charge is 2.11. The average Bonchev–Trinajstić information content (AvgIpc) is 3.00. The van der Waals surface area contributed by atoms with Crippen LogP contribution in [0.5, 0.6) is 5.75 Å². The number of nitrogens with zero attached hydrogens (tertiary/aromatic N) is 1. The minimum Gasteiger partial charge on any atom is -0.497 e. The van der Waals surface area contributed by atoms with Gasteiger partial charge >= 0.3 is 5.97 Å². The van der Waals surface area contributed by atoms with Gasteiger partial charge in [0.1, 0.15) is 12.4 Å². The van der Waals surface area contributed by atoms with E-state index in [9.17, 15) is 4.79 Å². The second kappa shape index (κ2) is 7.53. The van der Waals surface area contributed by atoms with Crippen molar-refractivity contribution in [1.29, 1.82) is 0 Å². The summed E-state index contributed by atoms with van der Waals surface area (Å²) < 4.78 is 11.5. The largest absolute Gasteiger partial charge is 0.497 e. The molecule has 3 aromatic rings. The first-order chi connectivity index (χ1) is 12.0. The fourth-order valence-electron chi connectivity index (χ4n) is 2.31. The molecule has 6 heteroatoms. The molecule has 0 spiro atoms. The van der Waals surface area contributed by atoms with Crippen LogP contribution in [0.25, 0.3) is 10.2 Å². The number of esters is 1. The second-order valence-corrected chi connectivity index (χ2v) is 6.96. The molecule has 1 N–H and O–H groups in total. The van der Waals surface area contributed by atoms with Crippen molar-refractivity contribution in [1.82, 2.24) is 4.98 Å². The molecule has 0 unspecified atom stereocenters. The number of aromatic nitrogens is 1. The predicted octanol–water partition coefficient (Wildman–Crippen LogP) is 4.48. The van der Waals surface area contributed by atoms with Crippen LogP contribution in [0.4, 0.5) is 5.13 Å². The molecule has 130 valence electrons. The molecule has 25 heavy (non-hydrogen) atoms. The molecule has 1 heterocycles. The van der Waals surface area contributed by atoms with Gasteiger partial charge in [0.2, 0.25) is 0 Å². The molecule has 1 aromatic heterocycles. The monoisotopic (exact) mass is 356 g/mol. The highest BCUT2D eigenvalue weighted by atomic mass is 32.1. The number of fused-ring (bicyclic) bond motifs is 1. The summed E-state index contributed by atoms with van der Waals surface area (Å²) in [5, 5.41) is 4.14. The van der Waals surface area contributed by atoms with Crippen LogP contribution in [0.15, 0.2) is 42.5 Å². The van der Waals surface area contributed by atoms with E-state index in [0.717, 1.165) is 26.7 Å². The summed E-state index contributed by atoms with van der Waals surface area (Å²) in [4.78, 5) is 16.8. The highest BCUT2D eigenvalue weighted by molar-refractivity contribution is 7.22. The first-order valence-electron chi connectivity index (χ1n) is 8.02. The summed E-state index contributed by atoms with van der Waals surface area (Å²) in [5.41, 5.74) is 2.32. The Labute approximate surface area is 150 Å². The van der Waals surface area contributed by atoms with E-state index >= 15 is 0 Å². The van der Waals surface area contributed by atoms with Crippen molar-refractivity contribution >= 4 is 32.7 Å². The average molecular weight is 356 g/mol. The Morgan fingerprint density at radius 2 is 1.96 bits per heavy atom. The topological polar surface area (TPSA) is 60.5 Å².